The molecule has 0 saturated carbocycles. The van der Waals surface area contributed by atoms with Crippen molar-refractivity contribution in [2.45, 2.75) is 32.2 Å². The number of nitrogens with zero attached hydrogens (tertiary/aromatic N) is 2. The predicted octanol–water partition coefficient (Wildman–Crippen LogP) is 2.71. The smallest absolute Gasteiger partial charge is 0.406 e. The second-order valence-corrected chi connectivity index (χ2v) is 4.87. The van der Waals surface area contributed by atoms with Crippen molar-refractivity contribution < 1.29 is 22.4 Å². The molecule has 120 valence electrons. The van der Waals surface area contributed by atoms with Gasteiger partial charge >= 0.3 is 6.36 Å². The fraction of sp³-hybridized carbons (Fsp3) is 0.429. The van der Waals surface area contributed by atoms with E-state index in [0.717, 1.165) is 5.56 Å². The molecule has 0 fully saturated rings. The molecule has 1 heterocycles. The number of likely N-dealkylation sites (N-methyl/N-ethyl adjacent to an activating group) is 1. The number of ether oxygens (including phenoxy) is 1. The summed E-state index contributed by atoms with van der Waals surface area (Å²) in [6.07, 6.45) is -3.70. The predicted molar refractivity (Wildman–Crippen MR) is 72.5 cm³/mol. The zero-order valence-corrected chi connectivity index (χ0v) is 12.1. The lowest BCUT2D eigenvalue weighted by molar-refractivity contribution is -0.274. The van der Waals surface area contributed by atoms with E-state index < -0.39 is 6.36 Å². The van der Waals surface area contributed by atoms with E-state index >= 15 is 0 Å². The lowest BCUT2D eigenvalue weighted by Gasteiger charge is -2.08. The summed E-state index contributed by atoms with van der Waals surface area (Å²) in [7, 11) is 1.84. The molecular weight excluding hydrogens is 299 g/mol. The summed E-state index contributed by atoms with van der Waals surface area (Å²) in [4.78, 5) is 4.25. The van der Waals surface area contributed by atoms with Crippen LogP contribution in [0, 0.1) is 0 Å². The summed E-state index contributed by atoms with van der Waals surface area (Å²) in [5, 5.41) is 6.94. The van der Waals surface area contributed by atoms with Crippen LogP contribution < -0.4 is 10.1 Å². The first-order chi connectivity index (χ1) is 10.4. The van der Waals surface area contributed by atoms with Crippen LogP contribution in [0.25, 0.3) is 0 Å². The molecule has 1 atom stereocenters. The van der Waals surface area contributed by atoms with E-state index in [1.54, 1.807) is 0 Å². The molecule has 1 N–H and O–H groups in total. The lowest BCUT2D eigenvalue weighted by Crippen LogP contribution is -2.24. The third-order valence-electron chi connectivity index (χ3n) is 3.00. The number of nitrogens with one attached hydrogen (secondary N) is 1. The van der Waals surface area contributed by atoms with Gasteiger partial charge in [0.15, 0.2) is 5.82 Å². The van der Waals surface area contributed by atoms with Crippen LogP contribution in [0.4, 0.5) is 13.2 Å². The first-order valence-electron chi connectivity index (χ1n) is 6.69. The van der Waals surface area contributed by atoms with Crippen molar-refractivity contribution in [3.63, 3.8) is 0 Å². The average molecular weight is 315 g/mol. The zero-order valence-electron chi connectivity index (χ0n) is 12.1. The number of hydrogen-bond acceptors (Lipinski definition) is 5. The summed E-state index contributed by atoms with van der Waals surface area (Å²) in [5.41, 5.74) is 0.756. The van der Waals surface area contributed by atoms with Crippen LogP contribution in [0.3, 0.4) is 0 Å². The number of hydrogen-bond donors (Lipinski definition) is 1. The first-order valence-corrected chi connectivity index (χ1v) is 6.69. The fourth-order valence-corrected chi connectivity index (χ4v) is 1.80. The molecule has 22 heavy (non-hydrogen) atoms. The maximum absolute atomic E-state index is 12.1. The molecule has 1 aromatic carbocycles. The third-order valence-corrected chi connectivity index (χ3v) is 3.00. The molecule has 5 nitrogen and oxygen atoms in total. The molecule has 2 rings (SSSR count). The van der Waals surface area contributed by atoms with Crippen LogP contribution in [0.5, 0.6) is 5.75 Å². The number of benzene rings is 1. The molecule has 0 radical (unpaired) electrons. The van der Waals surface area contributed by atoms with Gasteiger partial charge in [-0.15, -0.1) is 13.2 Å². The van der Waals surface area contributed by atoms with E-state index in [0.29, 0.717) is 24.6 Å². The standard InChI is InChI=1S/C14H16F3N3O2/c1-9(18-2)7-12-19-13(22-20-12)8-10-3-5-11(6-4-10)21-14(15,16)17/h3-6,9,18H,7-8H2,1-2H3. The van der Waals surface area contributed by atoms with Gasteiger partial charge in [-0.1, -0.05) is 17.3 Å². The molecule has 0 bridgehead atoms. The van der Waals surface area contributed by atoms with Crippen LogP contribution in [0.2, 0.25) is 0 Å². The minimum Gasteiger partial charge on any atom is -0.406 e. The van der Waals surface area contributed by atoms with E-state index in [9.17, 15) is 13.2 Å². The monoisotopic (exact) mass is 315 g/mol. The van der Waals surface area contributed by atoms with Gasteiger partial charge in [-0.25, -0.2) is 0 Å². The molecule has 0 aliphatic carbocycles. The number of aromatic nitrogens is 2. The van der Waals surface area contributed by atoms with Gasteiger partial charge in [0.2, 0.25) is 5.89 Å². The van der Waals surface area contributed by atoms with E-state index in [1.807, 2.05) is 14.0 Å². The molecule has 2 aromatic rings. The maximum Gasteiger partial charge on any atom is 0.573 e. The molecule has 0 aliphatic heterocycles. The number of alkyl halides is 3. The molecule has 1 aromatic heterocycles. The molecule has 0 aliphatic rings. The molecule has 0 saturated heterocycles. The molecule has 1 unspecified atom stereocenters. The van der Waals surface area contributed by atoms with Gasteiger partial charge in [-0.3, -0.25) is 0 Å². The van der Waals surface area contributed by atoms with Crippen molar-refractivity contribution >= 4 is 0 Å². The third kappa shape index (κ3) is 5.03. The van der Waals surface area contributed by atoms with Gasteiger partial charge in [0.25, 0.3) is 0 Å². The van der Waals surface area contributed by atoms with Gasteiger partial charge in [-0.2, -0.15) is 4.98 Å². The Morgan fingerprint density at radius 3 is 2.55 bits per heavy atom. The highest BCUT2D eigenvalue weighted by molar-refractivity contribution is 5.28. The van der Waals surface area contributed by atoms with Crippen molar-refractivity contribution in [2.75, 3.05) is 7.05 Å². The molecule has 0 spiro atoms. The van der Waals surface area contributed by atoms with Crippen molar-refractivity contribution in [1.82, 2.24) is 15.5 Å². The minimum absolute atomic E-state index is 0.226. The molecule has 8 heteroatoms. The maximum atomic E-state index is 12.1. The first kappa shape index (κ1) is 16.3. The molecule has 0 amide bonds. The van der Waals surface area contributed by atoms with Crippen molar-refractivity contribution in [2.24, 2.45) is 0 Å². The highest BCUT2D eigenvalue weighted by Gasteiger charge is 2.30. The Hall–Kier alpha value is -2.09. The SMILES string of the molecule is CNC(C)Cc1noc(Cc2ccc(OC(F)(F)F)cc2)n1. The summed E-state index contributed by atoms with van der Waals surface area (Å²) < 4.78 is 45.1. The summed E-state index contributed by atoms with van der Waals surface area (Å²) in [6.45, 7) is 2.00. The number of halogens is 3. The highest BCUT2D eigenvalue weighted by Crippen LogP contribution is 2.23. The normalized spacial score (nSPS) is 13.1. The Labute approximate surface area is 125 Å². The Kier molecular flexibility index (Phi) is 5.02. The Morgan fingerprint density at radius 2 is 1.95 bits per heavy atom. The Morgan fingerprint density at radius 1 is 1.27 bits per heavy atom. The van der Waals surface area contributed by atoms with Gasteiger partial charge in [0.05, 0.1) is 6.42 Å². The van der Waals surface area contributed by atoms with E-state index in [-0.39, 0.29) is 11.8 Å². The van der Waals surface area contributed by atoms with E-state index in [1.165, 1.54) is 24.3 Å². The van der Waals surface area contributed by atoms with Crippen LogP contribution in [0.1, 0.15) is 24.2 Å². The van der Waals surface area contributed by atoms with Crippen molar-refractivity contribution in [3.05, 3.63) is 41.5 Å². The summed E-state index contributed by atoms with van der Waals surface area (Å²) in [6, 6.07) is 5.79. The molecular formula is C14H16F3N3O2. The average Bonchev–Trinajstić information content (AvgIpc) is 2.86. The topological polar surface area (TPSA) is 60.2 Å². The Balaban J connectivity index is 1.96. The zero-order chi connectivity index (χ0) is 16.2. The number of rotatable bonds is 6. The summed E-state index contributed by atoms with van der Waals surface area (Å²) in [5.74, 6) is 0.752. The van der Waals surface area contributed by atoms with Crippen LogP contribution in [0.15, 0.2) is 28.8 Å². The van der Waals surface area contributed by atoms with Crippen LogP contribution in [-0.4, -0.2) is 29.6 Å². The van der Waals surface area contributed by atoms with Crippen LogP contribution >= 0.6 is 0 Å². The lowest BCUT2D eigenvalue weighted by atomic mass is 10.1. The minimum atomic E-state index is -4.69. The summed E-state index contributed by atoms with van der Waals surface area (Å²) >= 11 is 0. The van der Waals surface area contributed by atoms with Gasteiger partial charge < -0.3 is 14.6 Å². The van der Waals surface area contributed by atoms with Gasteiger partial charge in [0, 0.05) is 12.5 Å². The second kappa shape index (κ2) is 6.78. The van der Waals surface area contributed by atoms with Gasteiger partial charge in [0.1, 0.15) is 5.75 Å². The van der Waals surface area contributed by atoms with Crippen LogP contribution in [-0.2, 0) is 12.8 Å². The van der Waals surface area contributed by atoms with Gasteiger partial charge in [-0.05, 0) is 31.7 Å². The van der Waals surface area contributed by atoms with Crippen molar-refractivity contribution in [3.8, 4) is 5.75 Å². The van der Waals surface area contributed by atoms with E-state index in [2.05, 4.69) is 20.2 Å². The quantitative estimate of drug-likeness (QED) is 0.888. The van der Waals surface area contributed by atoms with Crippen molar-refractivity contribution in [1.29, 1.82) is 0 Å². The highest BCUT2D eigenvalue weighted by atomic mass is 19.4. The Bertz CT molecular complexity index is 596. The second-order valence-electron chi connectivity index (χ2n) is 4.87. The largest absolute Gasteiger partial charge is 0.573 e. The fourth-order valence-electron chi connectivity index (χ4n) is 1.80. The van der Waals surface area contributed by atoms with E-state index in [4.69, 9.17) is 4.52 Å².